The van der Waals surface area contributed by atoms with Crippen LogP contribution >= 0.6 is 54.5 Å². The Balaban J connectivity index is 0.000000180. The Bertz CT molecular complexity index is 946. The summed E-state index contributed by atoms with van der Waals surface area (Å²) in [5.41, 5.74) is 9.73. The van der Waals surface area contributed by atoms with Crippen molar-refractivity contribution in [3.8, 4) is 11.5 Å². The number of benzene rings is 2. The van der Waals surface area contributed by atoms with Crippen molar-refractivity contribution in [1.82, 2.24) is 0 Å². The smallest absolute Gasteiger partial charge is 0.492 e. The summed E-state index contributed by atoms with van der Waals surface area (Å²) in [6.45, 7) is 4.70. The maximum Gasteiger partial charge on any atom is 0.498 e. The fraction of sp³-hybridized carbons (Fsp3) is 0.429. The zero-order valence-electron chi connectivity index (χ0n) is 18.6. The molecule has 7 nitrogen and oxygen atoms in total. The van der Waals surface area contributed by atoms with Crippen LogP contribution in [0.4, 0.5) is 0 Å². The summed E-state index contributed by atoms with van der Waals surface area (Å²) >= 11 is 9.75. The molecule has 0 aromatic heterocycles. The predicted octanol–water partition coefficient (Wildman–Crippen LogP) is 2.73. The molecule has 0 saturated heterocycles. The highest BCUT2D eigenvalue weighted by Gasteiger charge is 2.43. The van der Waals surface area contributed by atoms with Crippen LogP contribution in [-0.4, -0.2) is 47.2 Å². The number of halogens is 2. The van der Waals surface area contributed by atoms with Gasteiger partial charge in [0, 0.05) is 32.5 Å². The minimum atomic E-state index is -0.389. The van der Waals surface area contributed by atoms with Gasteiger partial charge in [0.25, 0.3) is 0 Å². The molecule has 0 unspecified atom stereocenters. The molecule has 13 heteroatoms. The molecule has 0 radical (unpaired) electrons. The van der Waals surface area contributed by atoms with Gasteiger partial charge in [0.1, 0.15) is 24.7 Å². The van der Waals surface area contributed by atoms with E-state index in [0.717, 1.165) is 38.9 Å². The van der Waals surface area contributed by atoms with Gasteiger partial charge in [0.2, 0.25) is 0 Å². The minimum Gasteiger partial charge on any atom is -0.492 e. The SMILES string of the molecule is CC[C@H]1OB2OCCOc3ccc(Br)c1c32.NC[C@H]1OB2OCCOc3ccc(Cl)c1c32.S.S. The van der Waals surface area contributed by atoms with E-state index in [0.29, 0.717) is 38.0 Å². The number of rotatable bonds is 2. The Morgan fingerprint density at radius 3 is 2.03 bits per heavy atom. The number of ether oxygens (including phenoxy) is 2. The molecule has 0 spiro atoms. The van der Waals surface area contributed by atoms with Crippen molar-refractivity contribution >= 4 is 79.7 Å². The molecular weight excluding hydrogens is 563 g/mol. The van der Waals surface area contributed by atoms with Crippen LogP contribution in [0.15, 0.2) is 28.7 Å². The van der Waals surface area contributed by atoms with Crippen LogP contribution in [0.5, 0.6) is 11.5 Å². The van der Waals surface area contributed by atoms with Crippen LogP contribution < -0.4 is 26.1 Å². The normalized spacial score (nSPS) is 21.3. The first kappa shape index (κ1) is 28.0. The molecule has 4 aliphatic heterocycles. The molecule has 0 amide bonds. The molecule has 2 aromatic rings. The second-order valence-electron chi connectivity index (χ2n) is 7.74. The van der Waals surface area contributed by atoms with Gasteiger partial charge in [0.05, 0.1) is 25.4 Å². The maximum atomic E-state index is 6.17. The lowest BCUT2D eigenvalue weighted by Crippen LogP contribution is -2.31. The standard InChI is InChI=1S/C11H12BBrO3.C10H11BClNO3.2H2S/c1-2-8-10-7(13)3-4-9-11(10)12(16-8)15-6-5-14-9;12-6-1-2-7-10-9(6)8(5-13)16-11(10)15-4-3-14-7;;/h3-4,8H,2,5-6H2,1H3;1-2,8H,3-5,13H2;2*1H2/t2*8-;;/m11../s1. The van der Waals surface area contributed by atoms with E-state index in [-0.39, 0.29) is 53.4 Å². The highest BCUT2D eigenvalue weighted by molar-refractivity contribution is 9.10. The van der Waals surface area contributed by atoms with Crippen LogP contribution in [0.3, 0.4) is 0 Å². The quantitative estimate of drug-likeness (QED) is 0.539. The summed E-state index contributed by atoms with van der Waals surface area (Å²) in [6, 6.07) is 7.67. The summed E-state index contributed by atoms with van der Waals surface area (Å²) in [7, 11) is -0.644. The lowest BCUT2D eigenvalue weighted by Gasteiger charge is -2.13. The number of hydrogen-bond acceptors (Lipinski definition) is 7. The largest absolute Gasteiger partial charge is 0.498 e. The summed E-state index contributed by atoms with van der Waals surface area (Å²) in [6.07, 6.45) is 0.847. The average molecular weight is 591 g/mol. The predicted molar refractivity (Wildman–Crippen MR) is 147 cm³/mol. The number of hydrogen-bond donors (Lipinski definition) is 1. The molecule has 0 saturated carbocycles. The molecule has 0 aliphatic carbocycles. The Kier molecular flexibility index (Phi) is 9.99. The van der Waals surface area contributed by atoms with Crippen molar-refractivity contribution in [2.45, 2.75) is 25.6 Å². The van der Waals surface area contributed by atoms with E-state index < -0.39 is 0 Å². The van der Waals surface area contributed by atoms with Gasteiger partial charge < -0.3 is 33.8 Å². The first-order valence-corrected chi connectivity index (χ1v) is 11.9. The molecule has 2 atom stereocenters. The highest BCUT2D eigenvalue weighted by Crippen LogP contribution is 2.37. The van der Waals surface area contributed by atoms with Crippen LogP contribution in [0.2, 0.25) is 5.02 Å². The zero-order chi connectivity index (χ0) is 22.2. The topological polar surface area (TPSA) is 81.4 Å². The van der Waals surface area contributed by atoms with Gasteiger partial charge in [0.15, 0.2) is 0 Å². The van der Waals surface area contributed by atoms with Gasteiger partial charge in [-0.15, -0.1) is 0 Å². The molecule has 0 bridgehead atoms. The van der Waals surface area contributed by atoms with Gasteiger partial charge in [-0.05, 0) is 36.2 Å². The molecule has 4 heterocycles. The fourth-order valence-electron chi connectivity index (χ4n) is 4.48. The van der Waals surface area contributed by atoms with Gasteiger partial charge in [-0.2, -0.15) is 27.0 Å². The molecule has 2 aromatic carbocycles. The molecule has 6 rings (SSSR count). The fourth-order valence-corrected chi connectivity index (χ4v) is 5.36. The van der Waals surface area contributed by atoms with Gasteiger partial charge >= 0.3 is 14.2 Å². The monoisotopic (exact) mass is 589 g/mol. The van der Waals surface area contributed by atoms with E-state index in [1.165, 1.54) is 5.56 Å². The van der Waals surface area contributed by atoms with E-state index >= 15 is 0 Å². The van der Waals surface area contributed by atoms with Crippen LogP contribution in [0.25, 0.3) is 0 Å². The Hall–Kier alpha value is -0.560. The Morgan fingerprint density at radius 1 is 0.882 bits per heavy atom. The summed E-state index contributed by atoms with van der Waals surface area (Å²) in [5.74, 6) is 1.69. The van der Waals surface area contributed by atoms with E-state index in [4.69, 9.17) is 45.4 Å². The van der Waals surface area contributed by atoms with Crippen LogP contribution in [0, 0.1) is 0 Å². The number of nitrogens with two attached hydrogens (primary N) is 1. The third kappa shape index (κ3) is 5.12. The second-order valence-corrected chi connectivity index (χ2v) is 9.00. The van der Waals surface area contributed by atoms with Crippen molar-refractivity contribution in [3.05, 3.63) is 44.9 Å². The summed E-state index contributed by atoms with van der Waals surface area (Å²) < 4.78 is 35.1. The minimum absolute atomic E-state index is 0. The third-order valence-electron chi connectivity index (χ3n) is 5.88. The Morgan fingerprint density at radius 2 is 1.44 bits per heavy atom. The van der Waals surface area contributed by atoms with Crippen LogP contribution in [0.1, 0.15) is 36.7 Å². The zero-order valence-corrected chi connectivity index (χ0v) is 23.0. The van der Waals surface area contributed by atoms with Gasteiger partial charge in [-0.3, -0.25) is 0 Å². The average Bonchev–Trinajstić information content (AvgIpc) is 3.22. The van der Waals surface area contributed by atoms with E-state index in [1.807, 2.05) is 24.3 Å². The highest BCUT2D eigenvalue weighted by atomic mass is 79.9. The lowest BCUT2D eigenvalue weighted by molar-refractivity contribution is 0.141. The molecule has 184 valence electrons. The first-order valence-electron chi connectivity index (χ1n) is 10.8. The summed E-state index contributed by atoms with van der Waals surface area (Å²) in [5, 5.41) is 0.658. The van der Waals surface area contributed by atoms with E-state index in [1.54, 1.807) is 0 Å². The summed E-state index contributed by atoms with van der Waals surface area (Å²) in [4.78, 5) is 0. The molecule has 0 fully saturated rings. The van der Waals surface area contributed by atoms with E-state index in [2.05, 4.69) is 22.9 Å². The van der Waals surface area contributed by atoms with Crippen molar-refractivity contribution in [3.63, 3.8) is 0 Å². The van der Waals surface area contributed by atoms with Crippen molar-refractivity contribution in [2.75, 3.05) is 33.0 Å². The molecule has 34 heavy (non-hydrogen) atoms. The maximum absolute atomic E-state index is 6.17. The second kappa shape index (κ2) is 12.1. The van der Waals surface area contributed by atoms with E-state index in [9.17, 15) is 0 Å². The molecule has 2 N–H and O–H groups in total. The first-order chi connectivity index (χ1) is 15.6. The molecular formula is C21H27B2BrClNO6S2. The van der Waals surface area contributed by atoms with Gasteiger partial charge in [-0.25, -0.2) is 0 Å². The molecule has 4 aliphatic rings. The third-order valence-corrected chi connectivity index (χ3v) is 6.91. The van der Waals surface area contributed by atoms with Gasteiger partial charge in [-0.1, -0.05) is 34.5 Å². The lowest BCUT2D eigenvalue weighted by atomic mass is 9.78. The van der Waals surface area contributed by atoms with Crippen molar-refractivity contribution in [1.29, 1.82) is 0 Å². The Labute approximate surface area is 227 Å². The van der Waals surface area contributed by atoms with Crippen molar-refractivity contribution < 1.29 is 28.1 Å². The van der Waals surface area contributed by atoms with Crippen LogP contribution in [-0.2, 0) is 18.6 Å². The van der Waals surface area contributed by atoms with Crippen molar-refractivity contribution in [2.24, 2.45) is 5.73 Å².